The summed E-state index contributed by atoms with van der Waals surface area (Å²) in [5, 5.41) is 5.95. The average Bonchev–Trinajstić information content (AvgIpc) is 4.00. The molecule has 0 N–H and O–H groups in total. The number of benzene rings is 9. The average molecular weight is 804 g/mol. The molecule has 0 saturated heterocycles. The van der Waals surface area contributed by atoms with Crippen molar-refractivity contribution < 1.29 is 0 Å². The first kappa shape index (κ1) is 35.2. The predicted octanol–water partition coefficient (Wildman–Crippen LogP) is 14.8. The number of para-hydroxylation sites is 4. The highest BCUT2D eigenvalue weighted by molar-refractivity contribution is 6.24. The van der Waals surface area contributed by atoms with Gasteiger partial charge in [-0.05, 0) is 77.9 Å². The Labute approximate surface area is 363 Å². The smallest absolute Gasteiger partial charge is 0.160 e. The van der Waals surface area contributed by atoms with Crippen LogP contribution >= 0.6 is 0 Å². The van der Waals surface area contributed by atoms with Crippen molar-refractivity contribution >= 4 is 65.5 Å². The normalized spacial score (nSPS) is 11.8. The lowest BCUT2D eigenvalue weighted by Crippen LogP contribution is -1.99. The van der Waals surface area contributed by atoms with Gasteiger partial charge in [0.05, 0.1) is 38.8 Å². The van der Waals surface area contributed by atoms with Crippen molar-refractivity contribution in [1.82, 2.24) is 23.7 Å². The van der Waals surface area contributed by atoms with Crippen molar-refractivity contribution in [3.63, 3.8) is 0 Å². The Bertz CT molecular complexity index is 3870. The lowest BCUT2D eigenvalue weighted by atomic mass is 10.0. The summed E-state index contributed by atoms with van der Waals surface area (Å²) in [7, 11) is 0. The molecular weight excluding hydrogens is 767 g/mol. The van der Waals surface area contributed by atoms with Crippen LogP contribution in [-0.2, 0) is 0 Å². The molecule has 13 rings (SSSR count). The molecule has 0 radical (unpaired) electrons. The van der Waals surface area contributed by atoms with Crippen LogP contribution in [0, 0.1) is 0 Å². The monoisotopic (exact) mass is 803 g/mol. The van der Waals surface area contributed by atoms with Crippen LogP contribution in [-0.4, -0.2) is 23.7 Å². The Hall–Kier alpha value is -8.54. The lowest BCUT2D eigenvalue weighted by molar-refractivity contribution is 1.15. The SMILES string of the molecule is c1ccc(-c2nc(-c3ccccc3)c3c(n2)c2cc(-c4ccc5c(c4)c4ccc6c7ccccc7n(-c7ccccc7)c6c4n5-c4ccccc4)ccc2n3-c2ccccc2)cc1. The van der Waals surface area contributed by atoms with E-state index in [0.29, 0.717) is 5.82 Å². The van der Waals surface area contributed by atoms with E-state index in [1.54, 1.807) is 0 Å². The van der Waals surface area contributed by atoms with Crippen molar-refractivity contribution in [1.29, 1.82) is 0 Å². The molecule has 0 fully saturated rings. The van der Waals surface area contributed by atoms with Crippen LogP contribution in [0.4, 0.5) is 0 Å². The number of hydrogen-bond acceptors (Lipinski definition) is 2. The minimum absolute atomic E-state index is 0.703. The summed E-state index contributed by atoms with van der Waals surface area (Å²) in [6, 6.07) is 80.2. The summed E-state index contributed by atoms with van der Waals surface area (Å²) in [5.41, 5.74) is 16.2. The topological polar surface area (TPSA) is 40.6 Å². The maximum absolute atomic E-state index is 5.41. The molecule has 5 nitrogen and oxygen atoms in total. The maximum Gasteiger partial charge on any atom is 0.160 e. The van der Waals surface area contributed by atoms with E-state index in [4.69, 9.17) is 9.97 Å². The van der Waals surface area contributed by atoms with E-state index >= 15 is 0 Å². The molecule has 0 aliphatic heterocycles. The Morgan fingerprint density at radius 1 is 0.270 bits per heavy atom. The molecule has 0 aliphatic carbocycles. The van der Waals surface area contributed by atoms with Crippen molar-refractivity contribution in [2.24, 2.45) is 0 Å². The summed E-state index contributed by atoms with van der Waals surface area (Å²) < 4.78 is 7.23. The number of rotatable bonds is 6. The second kappa shape index (κ2) is 14.0. The molecule has 0 amide bonds. The van der Waals surface area contributed by atoms with Crippen LogP contribution in [0.1, 0.15) is 0 Å². The Morgan fingerprint density at radius 3 is 1.27 bits per heavy atom. The molecule has 13 aromatic rings. The third kappa shape index (κ3) is 5.43. The van der Waals surface area contributed by atoms with Crippen LogP contribution in [0.15, 0.2) is 224 Å². The summed E-state index contributed by atoms with van der Waals surface area (Å²) in [5.74, 6) is 0.703. The van der Waals surface area contributed by atoms with E-state index < -0.39 is 0 Å². The molecule has 0 saturated carbocycles. The van der Waals surface area contributed by atoms with Gasteiger partial charge in [-0.3, -0.25) is 0 Å². The van der Waals surface area contributed by atoms with Crippen molar-refractivity contribution in [3.05, 3.63) is 224 Å². The first-order valence-corrected chi connectivity index (χ1v) is 21.4. The fraction of sp³-hybridized carbons (Fsp3) is 0. The third-order valence-corrected chi connectivity index (χ3v) is 12.6. The van der Waals surface area contributed by atoms with Gasteiger partial charge in [-0.25, -0.2) is 9.97 Å². The molecule has 0 spiro atoms. The zero-order chi connectivity index (χ0) is 41.4. The standard InChI is InChI=1S/C58H37N5/c1-6-18-38(19-7-1)53-57-54(60-58(59-53)39-20-8-2-9-21-39)49-37-41(31-35-52(49)63(57)44-26-14-5-15-27-44)40-30-34-51-48(36-40)47-33-32-46-45-28-16-17-29-50(45)61(42-22-10-3-11-23-42)55(46)56(47)62(51)43-24-12-4-13-25-43/h1-37H. The fourth-order valence-electron chi connectivity index (χ4n) is 9.86. The van der Waals surface area contributed by atoms with Crippen molar-refractivity contribution in [2.45, 2.75) is 0 Å². The van der Waals surface area contributed by atoms with Gasteiger partial charge >= 0.3 is 0 Å². The summed E-state index contributed by atoms with van der Waals surface area (Å²) >= 11 is 0. The second-order valence-electron chi connectivity index (χ2n) is 16.2. The minimum Gasteiger partial charge on any atom is -0.307 e. The van der Waals surface area contributed by atoms with Gasteiger partial charge in [-0.15, -0.1) is 0 Å². The van der Waals surface area contributed by atoms with Gasteiger partial charge in [0.15, 0.2) is 5.82 Å². The van der Waals surface area contributed by atoms with Crippen LogP contribution in [0.3, 0.4) is 0 Å². The molecular formula is C58H37N5. The van der Waals surface area contributed by atoms with Gasteiger partial charge in [0.2, 0.25) is 0 Å². The molecule has 4 heterocycles. The van der Waals surface area contributed by atoms with Gasteiger partial charge < -0.3 is 13.7 Å². The number of hydrogen-bond donors (Lipinski definition) is 0. The minimum atomic E-state index is 0.703. The molecule has 294 valence electrons. The van der Waals surface area contributed by atoms with Gasteiger partial charge in [0, 0.05) is 55.1 Å². The quantitative estimate of drug-likeness (QED) is 0.168. The number of aromatic nitrogens is 5. The largest absolute Gasteiger partial charge is 0.307 e. The zero-order valence-electron chi connectivity index (χ0n) is 34.1. The van der Waals surface area contributed by atoms with Crippen molar-refractivity contribution in [3.8, 4) is 50.8 Å². The van der Waals surface area contributed by atoms with Crippen LogP contribution in [0.2, 0.25) is 0 Å². The van der Waals surface area contributed by atoms with Gasteiger partial charge in [-0.2, -0.15) is 0 Å². The molecule has 5 heteroatoms. The zero-order valence-corrected chi connectivity index (χ0v) is 34.1. The first-order valence-electron chi connectivity index (χ1n) is 21.4. The first-order chi connectivity index (χ1) is 31.3. The highest BCUT2D eigenvalue weighted by Crippen LogP contribution is 2.44. The van der Waals surface area contributed by atoms with Gasteiger partial charge in [0.25, 0.3) is 0 Å². The number of fused-ring (bicyclic) bond motifs is 10. The summed E-state index contributed by atoms with van der Waals surface area (Å²) in [4.78, 5) is 10.7. The lowest BCUT2D eigenvalue weighted by Gasteiger charge is -2.12. The van der Waals surface area contributed by atoms with Crippen molar-refractivity contribution in [2.75, 3.05) is 0 Å². The summed E-state index contributed by atoms with van der Waals surface area (Å²) in [6.07, 6.45) is 0. The second-order valence-corrected chi connectivity index (χ2v) is 16.2. The Kier molecular flexibility index (Phi) is 7.84. The summed E-state index contributed by atoms with van der Waals surface area (Å²) in [6.45, 7) is 0. The maximum atomic E-state index is 5.41. The number of nitrogens with zero attached hydrogens (tertiary/aromatic N) is 5. The van der Waals surface area contributed by atoms with Crippen LogP contribution < -0.4 is 0 Å². The fourth-order valence-corrected chi connectivity index (χ4v) is 9.86. The Balaban J connectivity index is 1.10. The van der Waals surface area contributed by atoms with Crippen LogP contribution in [0.25, 0.3) is 116 Å². The highest BCUT2D eigenvalue weighted by Gasteiger charge is 2.24. The van der Waals surface area contributed by atoms with E-state index in [0.717, 1.165) is 72.5 Å². The van der Waals surface area contributed by atoms with Crippen LogP contribution in [0.5, 0.6) is 0 Å². The van der Waals surface area contributed by atoms with E-state index in [1.807, 2.05) is 18.2 Å². The molecule has 0 aliphatic rings. The molecule has 63 heavy (non-hydrogen) atoms. The third-order valence-electron chi connectivity index (χ3n) is 12.6. The molecule has 4 aromatic heterocycles. The predicted molar refractivity (Wildman–Crippen MR) is 261 cm³/mol. The molecule has 0 atom stereocenters. The van der Waals surface area contributed by atoms with E-state index in [1.165, 1.54) is 38.1 Å². The molecule has 9 aromatic carbocycles. The van der Waals surface area contributed by atoms with Gasteiger partial charge in [0.1, 0.15) is 5.52 Å². The molecule has 0 unspecified atom stereocenters. The molecule has 0 bridgehead atoms. The highest BCUT2D eigenvalue weighted by atomic mass is 15.1. The van der Waals surface area contributed by atoms with E-state index in [-0.39, 0.29) is 0 Å². The Morgan fingerprint density at radius 2 is 0.698 bits per heavy atom. The van der Waals surface area contributed by atoms with E-state index in [2.05, 4.69) is 220 Å². The van der Waals surface area contributed by atoms with Gasteiger partial charge in [-0.1, -0.05) is 158 Å². The van der Waals surface area contributed by atoms with E-state index in [9.17, 15) is 0 Å².